The predicted octanol–water partition coefficient (Wildman–Crippen LogP) is 3.82. The Labute approximate surface area is 123 Å². The first-order valence-electron chi connectivity index (χ1n) is 5.99. The monoisotopic (exact) mass is 305 g/mol. The van der Waals surface area contributed by atoms with E-state index in [1.165, 1.54) is 5.41 Å². The van der Waals surface area contributed by atoms with Gasteiger partial charge >= 0.3 is 0 Å². The molecule has 3 nitrogen and oxygen atoms in total. The van der Waals surface area contributed by atoms with Crippen molar-refractivity contribution in [3.05, 3.63) is 65.6 Å². The third-order valence-electron chi connectivity index (χ3n) is 2.59. The van der Waals surface area contributed by atoms with Gasteiger partial charge in [-0.3, -0.25) is 4.72 Å². The van der Waals surface area contributed by atoms with Gasteiger partial charge < -0.3 is 0 Å². The molecule has 0 saturated carbocycles. The van der Waals surface area contributed by atoms with Gasteiger partial charge in [-0.15, -0.1) is 11.8 Å². The minimum absolute atomic E-state index is 0.556. The molecule has 0 radical (unpaired) electrons. The lowest BCUT2D eigenvalue weighted by molar-refractivity contribution is 0.609. The van der Waals surface area contributed by atoms with E-state index in [1.807, 2.05) is 48.7 Å². The quantitative estimate of drug-likeness (QED) is 0.854. The Morgan fingerprint density at radius 1 is 1.00 bits per heavy atom. The molecule has 20 heavy (non-hydrogen) atoms. The van der Waals surface area contributed by atoms with Crippen LogP contribution in [0.4, 0.5) is 5.69 Å². The molecule has 0 aliphatic rings. The molecule has 0 aliphatic heterocycles. The van der Waals surface area contributed by atoms with Crippen LogP contribution in [0, 0.1) is 0 Å². The lowest BCUT2D eigenvalue weighted by Crippen LogP contribution is -2.08. The normalized spacial score (nSPS) is 11.7. The van der Waals surface area contributed by atoms with Crippen molar-refractivity contribution in [3.63, 3.8) is 0 Å². The fraction of sp³-hybridized carbons (Fsp3) is 0.0667. The van der Waals surface area contributed by atoms with Gasteiger partial charge in [0, 0.05) is 10.6 Å². The lowest BCUT2D eigenvalue weighted by Gasteiger charge is -2.05. The minimum Gasteiger partial charge on any atom is -0.280 e. The van der Waals surface area contributed by atoms with E-state index in [0.717, 1.165) is 10.5 Å². The molecular weight excluding hydrogens is 290 g/mol. The topological polar surface area (TPSA) is 46.2 Å². The van der Waals surface area contributed by atoms with Gasteiger partial charge in [0.2, 0.25) is 0 Å². The molecule has 0 amide bonds. The van der Waals surface area contributed by atoms with Crippen LogP contribution in [0.5, 0.6) is 0 Å². The first-order valence-corrected chi connectivity index (χ1v) is 8.76. The predicted molar refractivity (Wildman–Crippen MR) is 86.2 cm³/mol. The van der Waals surface area contributed by atoms with Crippen LogP contribution in [-0.2, 0) is 10.0 Å². The number of thioether (sulfide) groups is 1. The third-order valence-corrected chi connectivity index (χ3v) is 4.35. The molecule has 0 bridgehead atoms. The molecule has 0 aromatic heterocycles. The van der Waals surface area contributed by atoms with Crippen molar-refractivity contribution in [1.82, 2.24) is 0 Å². The molecule has 2 aromatic carbocycles. The number of sulfonamides is 1. The summed E-state index contributed by atoms with van der Waals surface area (Å²) in [6, 6.07) is 16.6. The van der Waals surface area contributed by atoms with Crippen molar-refractivity contribution >= 4 is 33.5 Å². The van der Waals surface area contributed by atoms with Gasteiger partial charge in [-0.05, 0) is 42.2 Å². The average molecular weight is 305 g/mol. The molecule has 0 aliphatic carbocycles. The third kappa shape index (κ3) is 4.43. The summed E-state index contributed by atoms with van der Waals surface area (Å²) >= 11 is 1.61. The van der Waals surface area contributed by atoms with Crippen LogP contribution in [0.1, 0.15) is 5.56 Å². The Hall–Kier alpha value is -1.72. The maximum atomic E-state index is 11.9. The van der Waals surface area contributed by atoms with Gasteiger partial charge in [0.15, 0.2) is 0 Å². The number of anilines is 1. The van der Waals surface area contributed by atoms with Crippen LogP contribution in [0.3, 0.4) is 0 Å². The number of rotatable bonds is 5. The van der Waals surface area contributed by atoms with Crippen molar-refractivity contribution in [3.8, 4) is 0 Å². The van der Waals surface area contributed by atoms with E-state index in [4.69, 9.17) is 0 Å². The van der Waals surface area contributed by atoms with Crippen molar-refractivity contribution in [1.29, 1.82) is 0 Å². The fourth-order valence-electron chi connectivity index (χ4n) is 1.59. The van der Waals surface area contributed by atoms with Gasteiger partial charge in [0.1, 0.15) is 0 Å². The highest BCUT2D eigenvalue weighted by atomic mass is 32.2. The molecule has 0 spiro atoms. The minimum atomic E-state index is -3.49. The van der Waals surface area contributed by atoms with Crippen LogP contribution >= 0.6 is 11.8 Å². The highest BCUT2D eigenvalue weighted by molar-refractivity contribution is 7.98. The van der Waals surface area contributed by atoms with Crippen LogP contribution in [-0.4, -0.2) is 14.7 Å². The number of hydrogen-bond acceptors (Lipinski definition) is 3. The van der Waals surface area contributed by atoms with Crippen molar-refractivity contribution in [2.75, 3.05) is 11.0 Å². The largest absolute Gasteiger partial charge is 0.280 e. The second-order valence-electron chi connectivity index (χ2n) is 4.09. The van der Waals surface area contributed by atoms with Crippen LogP contribution < -0.4 is 4.72 Å². The van der Waals surface area contributed by atoms with E-state index in [2.05, 4.69) is 4.72 Å². The van der Waals surface area contributed by atoms with Crippen molar-refractivity contribution in [2.24, 2.45) is 0 Å². The van der Waals surface area contributed by atoms with Crippen LogP contribution in [0.25, 0.3) is 6.08 Å². The molecule has 104 valence electrons. The number of nitrogens with one attached hydrogen (secondary N) is 1. The summed E-state index contributed by atoms with van der Waals surface area (Å²) in [7, 11) is -3.49. The molecule has 0 unspecified atom stereocenters. The summed E-state index contributed by atoms with van der Waals surface area (Å²) in [6.07, 6.45) is 3.54. The summed E-state index contributed by atoms with van der Waals surface area (Å²) < 4.78 is 26.4. The maximum Gasteiger partial charge on any atom is 0.255 e. The Bertz CT molecular complexity index is 678. The van der Waals surface area contributed by atoms with Gasteiger partial charge in [0.05, 0.1) is 5.41 Å². The molecule has 0 fully saturated rings. The lowest BCUT2D eigenvalue weighted by atomic mass is 10.2. The molecule has 0 saturated heterocycles. The van der Waals surface area contributed by atoms with Gasteiger partial charge in [-0.25, -0.2) is 8.42 Å². The average Bonchev–Trinajstić information content (AvgIpc) is 2.47. The zero-order valence-corrected chi connectivity index (χ0v) is 12.6. The second kappa shape index (κ2) is 6.63. The standard InChI is InChI=1S/C15H15NO2S2/c1-19-15-9-7-14(8-10-15)16-20(17,18)12-11-13-5-3-2-4-6-13/h2-12,16H,1H3. The molecule has 0 heterocycles. The van der Waals surface area contributed by atoms with E-state index in [1.54, 1.807) is 30.0 Å². The highest BCUT2D eigenvalue weighted by Crippen LogP contribution is 2.18. The Morgan fingerprint density at radius 3 is 2.25 bits per heavy atom. The van der Waals surface area contributed by atoms with E-state index in [0.29, 0.717) is 5.69 Å². The summed E-state index contributed by atoms with van der Waals surface area (Å²) in [4.78, 5) is 1.09. The zero-order chi connectivity index (χ0) is 14.4. The van der Waals surface area contributed by atoms with Gasteiger partial charge in [-0.1, -0.05) is 30.3 Å². The fourth-order valence-corrected chi connectivity index (χ4v) is 2.87. The molecule has 1 N–H and O–H groups in total. The summed E-state index contributed by atoms with van der Waals surface area (Å²) in [5.41, 5.74) is 1.40. The SMILES string of the molecule is CSc1ccc(NS(=O)(=O)C=Cc2ccccc2)cc1. The summed E-state index contributed by atoms with van der Waals surface area (Å²) in [5.74, 6) is 0. The highest BCUT2D eigenvalue weighted by Gasteiger charge is 2.05. The zero-order valence-electron chi connectivity index (χ0n) is 11.0. The van der Waals surface area contributed by atoms with Crippen molar-refractivity contribution < 1.29 is 8.42 Å². The first-order chi connectivity index (χ1) is 9.59. The molecule has 5 heteroatoms. The Balaban J connectivity index is 2.09. The van der Waals surface area contributed by atoms with E-state index < -0.39 is 10.0 Å². The van der Waals surface area contributed by atoms with Crippen LogP contribution in [0.15, 0.2) is 64.9 Å². The number of hydrogen-bond donors (Lipinski definition) is 1. The van der Waals surface area contributed by atoms with E-state index in [-0.39, 0.29) is 0 Å². The van der Waals surface area contributed by atoms with Crippen LogP contribution in [0.2, 0.25) is 0 Å². The Morgan fingerprint density at radius 2 is 1.65 bits per heavy atom. The summed E-state index contributed by atoms with van der Waals surface area (Å²) in [5, 5.41) is 1.17. The van der Waals surface area contributed by atoms with Gasteiger partial charge in [-0.2, -0.15) is 0 Å². The summed E-state index contributed by atoms with van der Waals surface area (Å²) in [6.45, 7) is 0. The molecule has 2 aromatic rings. The first kappa shape index (κ1) is 14.7. The Kier molecular flexibility index (Phi) is 4.87. The van der Waals surface area contributed by atoms with E-state index >= 15 is 0 Å². The molecule has 0 atom stereocenters. The van der Waals surface area contributed by atoms with Crippen molar-refractivity contribution in [2.45, 2.75) is 4.90 Å². The molecular formula is C15H15NO2S2. The van der Waals surface area contributed by atoms with Gasteiger partial charge in [0.25, 0.3) is 10.0 Å². The maximum absolute atomic E-state index is 11.9. The molecule has 2 rings (SSSR count). The second-order valence-corrected chi connectivity index (χ2v) is 6.53. The van der Waals surface area contributed by atoms with E-state index in [9.17, 15) is 8.42 Å². The number of benzene rings is 2. The smallest absolute Gasteiger partial charge is 0.255 e.